The zero-order valence-electron chi connectivity index (χ0n) is 11.1. The molecule has 1 aliphatic rings. The number of thiazole rings is 1. The molecule has 6 nitrogen and oxygen atoms in total. The molecule has 0 aromatic carbocycles. The number of carboxylic acids is 1. The lowest BCUT2D eigenvalue weighted by Crippen LogP contribution is -2.46. The fourth-order valence-electron chi connectivity index (χ4n) is 2.00. The monoisotopic (exact) mass is 294 g/mol. The molecule has 20 heavy (non-hydrogen) atoms. The Morgan fingerprint density at radius 1 is 1.40 bits per heavy atom. The van der Waals surface area contributed by atoms with Gasteiger partial charge in [0.2, 0.25) is 11.8 Å². The first-order chi connectivity index (χ1) is 9.28. The Labute approximate surface area is 119 Å². The molecule has 7 heteroatoms. The van der Waals surface area contributed by atoms with Gasteiger partial charge in [-0.3, -0.25) is 9.59 Å². The number of rotatable bonds is 3. The molecule has 1 aromatic heterocycles. The Kier molecular flexibility index (Phi) is 3.71. The fraction of sp³-hybridized carbons (Fsp3) is 0.385. The highest BCUT2D eigenvalue weighted by atomic mass is 32.1. The molecule has 2 heterocycles. The van der Waals surface area contributed by atoms with Crippen molar-refractivity contribution in [3.05, 3.63) is 17.2 Å². The lowest BCUT2D eigenvalue weighted by molar-refractivity contribution is -0.133. The summed E-state index contributed by atoms with van der Waals surface area (Å²) in [4.78, 5) is 40.2. The van der Waals surface area contributed by atoms with E-state index >= 15 is 0 Å². The number of amides is 2. The summed E-state index contributed by atoms with van der Waals surface area (Å²) in [5, 5.41) is 8.84. The minimum atomic E-state index is -1.06. The lowest BCUT2D eigenvalue weighted by atomic mass is 9.82. The molecular weight excluding hydrogens is 280 g/mol. The number of carbonyl (C=O) groups is 3. The van der Waals surface area contributed by atoms with Crippen molar-refractivity contribution in [1.29, 1.82) is 0 Å². The van der Waals surface area contributed by atoms with Gasteiger partial charge < -0.3 is 5.11 Å². The molecule has 0 radical (unpaired) electrons. The minimum absolute atomic E-state index is 0.269. The van der Waals surface area contributed by atoms with E-state index in [1.807, 2.05) is 13.8 Å². The molecular formula is C13H14N2O4S. The van der Waals surface area contributed by atoms with Gasteiger partial charge in [0.25, 0.3) is 0 Å². The zero-order chi connectivity index (χ0) is 14.9. The van der Waals surface area contributed by atoms with Crippen molar-refractivity contribution in [1.82, 2.24) is 4.98 Å². The van der Waals surface area contributed by atoms with Gasteiger partial charge in [-0.05, 0) is 11.5 Å². The first kappa shape index (κ1) is 14.4. The van der Waals surface area contributed by atoms with Gasteiger partial charge in [-0.25, -0.2) is 14.7 Å². The van der Waals surface area contributed by atoms with Gasteiger partial charge in [0.05, 0.1) is 0 Å². The van der Waals surface area contributed by atoms with Crippen LogP contribution in [0.25, 0.3) is 6.08 Å². The number of piperidine rings is 1. The van der Waals surface area contributed by atoms with Crippen LogP contribution < -0.4 is 4.90 Å². The van der Waals surface area contributed by atoms with E-state index in [4.69, 9.17) is 5.11 Å². The number of hydrogen-bond acceptors (Lipinski definition) is 5. The molecule has 0 spiro atoms. The third-order valence-electron chi connectivity index (χ3n) is 2.85. The number of hydrogen-bond donors (Lipinski definition) is 1. The Hall–Kier alpha value is -2.02. The highest BCUT2D eigenvalue weighted by molar-refractivity contribution is 7.16. The number of nitrogens with zero attached hydrogens (tertiary/aromatic N) is 2. The summed E-state index contributed by atoms with van der Waals surface area (Å²) < 4.78 is 0. The number of aliphatic carboxylic acids is 1. The van der Waals surface area contributed by atoms with Gasteiger partial charge in [-0.15, -0.1) is 0 Å². The second-order valence-corrected chi connectivity index (χ2v) is 6.40. The molecule has 0 bridgehead atoms. The third-order valence-corrected chi connectivity index (χ3v) is 3.80. The van der Waals surface area contributed by atoms with Crippen molar-refractivity contribution in [3.8, 4) is 0 Å². The number of carboxylic acid groups (broad SMARTS) is 1. The summed E-state index contributed by atoms with van der Waals surface area (Å²) in [6, 6.07) is 0. The first-order valence-electron chi connectivity index (χ1n) is 6.01. The van der Waals surface area contributed by atoms with E-state index in [1.165, 1.54) is 12.3 Å². The predicted molar refractivity (Wildman–Crippen MR) is 74.3 cm³/mol. The van der Waals surface area contributed by atoms with Crippen LogP contribution in [0.2, 0.25) is 0 Å². The van der Waals surface area contributed by atoms with Crippen LogP contribution in [-0.4, -0.2) is 27.9 Å². The largest absolute Gasteiger partial charge is 0.478 e. The van der Waals surface area contributed by atoms with Gasteiger partial charge in [0, 0.05) is 30.0 Å². The molecule has 0 aliphatic carbocycles. The molecule has 0 unspecified atom stereocenters. The standard InChI is InChI=1S/C13H14N2O4S/c1-13(2)5-9(16)15(10(17)6-13)12-14-7-8(20-12)3-4-11(18)19/h3-4,7H,5-6H2,1-2H3,(H,18,19). The Morgan fingerprint density at radius 3 is 2.55 bits per heavy atom. The topological polar surface area (TPSA) is 87.6 Å². The van der Waals surface area contributed by atoms with Crippen LogP contribution in [0.3, 0.4) is 0 Å². The van der Waals surface area contributed by atoms with Crippen molar-refractivity contribution in [2.75, 3.05) is 4.90 Å². The highest BCUT2D eigenvalue weighted by Gasteiger charge is 2.39. The number of anilines is 1. The Bertz CT molecular complexity index is 583. The molecule has 1 saturated heterocycles. The lowest BCUT2D eigenvalue weighted by Gasteiger charge is -2.33. The quantitative estimate of drug-likeness (QED) is 0.679. The van der Waals surface area contributed by atoms with Crippen LogP contribution in [0.1, 0.15) is 31.6 Å². The molecule has 0 saturated carbocycles. The first-order valence-corrected chi connectivity index (χ1v) is 6.83. The number of carbonyl (C=O) groups excluding carboxylic acids is 2. The minimum Gasteiger partial charge on any atom is -0.478 e. The molecule has 106 valence electrons. The average Bonchev–Trinajstić information content (AvgIpc) is 2.72. The maximum absolute atomic E-state index is 12.1. The summed E-state index contributed by atoms with van der Waals surface area (Å²) in [6.07, 6.45) is 4.39. The molecule has 1 fully saturated rings. The maximum atomic E-state index is 12.1. The normalized spacial score (nSPS) is 18.8. The molecule has 2 amide bonds. The molecule has 1 aromatic rings. The summed E-state index contributed by atoms with van der Waals surface area (Å²) in [7, 11) is 0. The molecule has 1 aliphatic heterocycles. The van der Waals surface area contributed by atoms with E-state index < -0.39 is 5.97 Å². The highest BCUT2D eigenvalue weighted by Crippen LogP contribution is 2.35. The molecule has 2 rings (SSSR count). The van der Waals surface area contributed by atoms with Crippen LogP contribution in [0, 0.1) is 5.41 Å². The van der Waals surface area contributed by atoms with E-state index in [9.17, 15) is 14.4 Å². The van der Waals surface area contributed by atoms with E-state index in [0.29, 0.717) is 22.9 Å². The number of aromatic nitrogens is 1. The van der Waals surface area contributed by atoms with Gasteiger partial charge in [0.15, 0.2) is 5.13 Å². The zero-order valence-corrected chi connectivity index (χ0v) is 11.9. The van der Waals surface area contributed by atoms with Crippen LogP contribution in [-0.2, 0) is 14.4 Å². The SMILES string of the molecule is CC1(C)CC(=O)N(c2ncc(C=CC(=O)O)s2)C(=O)C1. The summed E-state index contributed by atoms with van der Waals surface area (Å²) in [6.45, 7) is 3.76. The molecule has 0 atom stereocenters. The summed E-state index contributed by atoms with van der Waals surface area (Å²) >= 11 is 1.11. The molecule has 1 N–H and O–H groups in total. The van der Waals surface area contributed by atoms with Gasteiger partial charge in [0.1, 0.15) is 0 Å². The smallest absolute Gasteiger partial charge is 0.328 e. The van der Waals surface area contributed by atoms with Crippen molar-refractivity contribution in [3.63, 3.8) is 0 Å². The third kappa shape index (κ3) is 3.11. The van der Waals surface area contributed by atoms with Crippen molar-refractivity contribution < 1.29 is 19.5 Å². The van der Waals surface area contributed by atoms with Gasteiger partial charge in [-0.2, -0.15) is 0 Å². The maximum Gasteiger partial charge on any atom is 0.328 e. The average molecular weight is 294 g/mol. The van der Waals surface area contributed by atoms with Gasteiger partial charge >= 0.3 is 5.97 Å². The van der Waals surface area contributed by atoms with Crippen LogP contribution in [0.15, 0.2) is 12.3 Å². The van der Waals surface area contributed by atoms with Crippen LogP contribution >= 0.6 is 11.3 Å². The van der Waals surface area contributed by atoms with E-state index in [0.717, 1.165) is 22.3 Å². The van der Waals surface area contributed by atoms with Crippen molar-refractivity contribution in [2.24, 2.45) is 5.41 Å². The number of imide groups is 1. The van der Waals surface area contributed by atoms with E-state index in [2.05, 4.69) is 4.98 Å². The Balaban J connectivity index is 2.22. The summed E-state index contributed by atoms with van der Waals surface area (Å²) in [5.74, 6) is -1.60. The van der Waals surface area contributed by atoms with Crippen LogP contribution in [0.4, 0.5) is 5.13 Å². The van der Waals surface area contributed by atoms with Crippen LogP contribution in [0.5, 0.6) is 0 Å². The second-order valence-electron chi connectivity index (χ2n) is 5.36. The van der Waals surface area contributed by atoms with Crippen molar-refractivity contribution >= 4 is 40.3 Å². The van der Waals surface area contributed by atoms with E-state index in [1.54, 1.807) is 0 Å². The summed E-state index contributed by atoms with van der Waals surface area (Å²) in [5.41, 5.74) is -0.325. The van der Waals surface area contributed by atoms with Crippen molar-refractivity contribution in [2.45, 2.75) is 26.7 Å². The second kappa shape index (κ2) is 5.16. The van der Waals surface area contributed by atoms with E-state index in [-0.39, 0.29) is 17.2 Å². The Morgan fingerprint density at radius 2 is 2.00 bits per heavy atom. The van der Waals surface area contributed by atoms with Gasteiger partial charge in [-0.1, -0.05) is 25.2 Å². The predicted octanol–water partition coefficient (Wildman–Crippen LogP) is 1.92. The fourth-order valence-corrected chi connectivity index (χ4v) is 2.86.